The Morgan fingerprint density at radius 3 is 2.95 bits per heavy atom. The Labute approximate surface area is 119 Å². The van der Waals surface area contributed by atoms with Crippen molar-refractivity contribution in [3.63, 3.8) is 0 Å². The summed E-state index contributed by atoms with van der Waals surface area (Å²) in [4.78, 5) is 12.0. The van der Waals surface area contributed by atoms with Crippen molar-refractivity contribution in [3.8, 4) is 5.75 Å². The van der Waals surface area contributed by atoms with Crippen LogP contribution in [-0.2, 0) is 0 Å². The van der Waals surface area contributed by atoms with Gasteiger partial charge in [0.05, 0.1) is 18.4 Å². The first-order chi connectivity index (χ1) is 9.69. The number of aliphatic hydroxyl groups is 1. The van der Waals surface area contributed by atoms with Gasteiger partial charge in [0.1, 0.15) is 5.75 Å². The number of ether oxygens (including phenoxy) is 1. The van der Waals surface area contributed by atoms with E-state index in [9.17, 15) is 9.90 Å². The maximum absolute atomic E-state index is 12.0. The highest BCUT2D eigenvalue weighted by Crippen LogP contribution is 2.24. The van der Waals surface area contributed by atoms with Gasteiger partial charge in [0.2, 0.25) is 0 Å². The zero-order chi connectivity index (χ0) is 14.4. The summed E-state index contributed by atoms with van der Waals surface area (Å²) in [5.41, 5.74) is 0.656. The van der Waals surface area contributed by atoms with Crippen LogP contribution >= 0.6 is 0 Å². The molecule has 1 fully saturated rings. The maximum Gasteiger partial charge on any atom is 0.319 e. The van der Waals surface area contributed by atoms with Gasteiger partial charge < -0.3 is 20.5 Å². The fraction of sp³-hybridized carbons (Fsp3) is 0.533. The molecule has 0 heterocycles. The largest absolute Gasteiger partial charge is 0.492 e. The minimum absolute atomic E-state index is 0.0398. The zero-order valence-electron chi connectivity index (χ0n) is 11.8. The van der Waals surface area contributed by atoms with Crippen molar-refractivity contribution >= 4 is 11.7 Å². The van der Waals surface area contributed by atoms with Gasteiger partial charge in [0.15, 0.2) is 0 Å². The lowest BCUT2D eigenvalue weighted by Crippen LogP contribution is -2.41. The van der Waals surface area contributed by atoms with Crippen LogP contribution in [0.25, 0.3) is 0 Å². The molecule has 0 unspecified atom stereocenters. The van der Waals surface area contributed by atoms with Crippen LogP contribution in [0.1, 0.15) is 32.6 Å². The molecule has 20 heavy (non-hydrogen) atoms. The molecule has 3 N–H and O–H groups in total. The van der Waals surface area contributed by atoms with Crippen LogP contribution in [0.5, 0.6) is 5.75 Å². The quantitative estimate of drug-likeness (QED) is 0.792. The Bertz CT molecular complexity index is 450. The van der Waals surface area contributed by atoms with Gasteiger partial charge in [0.25, 0.3) is 0 Å². The fourth-order valence-electron chi connectivity index (χ4n) is 2.49. The Morgan fingerprint density at radius 1 is 1.40 bits per heavy atom. The van der Waals surface area contributed by atoms with E-state index in [1.165, 1.54) is 0 Å². The number of nitrogens with one attached hydrogen (secondary N) is 2. The molecule has 1 aliphatic rings. The number of para-hydroxylation sites is 2. The van der Waals surface area contributed by atoms with Gasteiger partial charge in [-0.05, 0) is 44.7 Å². The van der Waals surface area contributed by atoms with Crippen molar-refractivity contribution in [2.75, 3.05) is 11.9 Å². The Kier molecular flexibility index (Phi) is 5.24. The topological polar surface area (TPSA) is 70.6 Å². The van der Waals surface area contributed by atoms with E-state index in [2.05, 4.69) is 10.6 Å². The van der Waals surface area contributed by atoms with E-state index in [4.69, 9.17) is 4.74 Å². The molecule has 1 saturated carbocycles. The van der Waals surface area contributed by atoms with Gasteiger partial charge >= 0.3 is 6.03 Å². The number of carbonyl (C=O) groups excluding carboxylic acids is 1. The fourth-order valence-corrected chi connectivity index (χ4v) is 2.49. The van der Waals surface area contributed by atoms with E-state index >= 15 is 0 Å². The molecule has 0 spiro atoms. The number of urea groups is 1. The van der Waals surface area contributed by atoms with Crippen molar-refractivity contribution in [2.24, 2.45) is 0 Å². The molecular weight excluding hydrogens is 256 g/mol. The second-order valence-corrected chi connectivity index (χ2v) is 5.04. The minimum Gasteiger partial charge on any atom is -0.492 e. The molecule has 2 amide bonds. The second kappa shape index (κ2) is 7.14. The summed E-state index contributed by atoms with van der Waals surface area (Å²) in [5, 5.41) is 15.3. The van der Waals surface area contributed by atoms with Gasteiger partial charge in [-0.25, -0.2) is 4.79 Å². The van der Waals surface area contributed by atoms with E-state index in [1.54, 1.807) is 6.07 Å². The van der Waals surface area contributed by atoms with Gasteiger partial charge in [0, 0.05) is 6.04 Å². The predicted octanol–water partition coefficient (Wildman–Crippen LogP) is 2.51. The minimum atomic E-state index is -0.301. The van der Waals surface area contributed by atoms with Crippen LogP contribution in [0.3, 0.4) is 0 Å². The summed E-state index contributed by atoms with van der Waals surface area (Å²) in [6.07, 6.45) is 3.01. The molecule has 0 aliphatic heterocycles. The number of carbonyl (C=O) groups is 1. The Balaban J connectivity index is 1.91. The first-order valence-electron chi connectivity index (χ1n) is 7.16. The molecule has 1 aliphatic carbocycles. The van der Waals surface area contributed by atoms with Crippen molar-refractivity contribution in [2.45, 2.75) is 44.8 Å². The second-order valence-electron chi connectivity index (χ2n) is 5.04. The Morgan fingerprint density at radius 2 is 2.20 bits per heavy atom. The summed E-state index contributed by atoms with van der Waals surface area (Å²) in [5.74, 6) is 0.661. The van der Waals surface area contributed by atoms with E-state index in [0.717, 1.165) is 19.3 Å². The smallest absolute Gasteiger partial charge is 0.319 e. The van der Waals surface area contributed by atoms with Crippen molar-refractivity contribution < 1.29 is 14.6 Å². The van der Waals surface area contributed by atoms with E-state index in [1.807, 2.05) is 25.1 Å². The molecule has 110 valence electrons. The average Bonchev–Trinajstić information content (AvgIpc) is 2.41. The third-order valence-corrected chi connectivity index (χ3v) is 3.42. The molecule has 5 heteroatoms. The average molecular weight is 278 g/mol. The summed E-state index contributed by atoms with van der Waals surface area (Å²) < 4.78 is 5.46. The molecule has 2 atom stereocenters. The number of aliphatic hydroxyl groups excluding tert-OH is 1. The SMILES string of the molecule is CCOc1ccccc1NC(=O)N[C@H]1CCC[C@@H](O)C1. The van der Waals surface area contributed by atoms with E-state index in [-0.39, 0.29) is 18.2 Å². The molecule has 0 saturated heterocycles. The van der Waals surface area contributed by atoms with Crippen molar-refractivity contribution in [3.05, 3.63) is 24.3 Å². The van der Waals surface area contributed by atoms with Crippen LogP contribution in [0.2, 0.25) is 0 Å². The number of hydrogen-bond donors (Lipinski definition) is 3. The molecule has 1 aromatic carbocycles. The lowest BCUT2D eigenvalue weighted by molar-refractivity contribution is 0.114. The molecule has 2 rings (SSSR count). The molecular formula is C15H22N2O3. The van der Waals surface area contributed by atoms with E-state index < -0.39 is 0 Å². The lowest BCUT2D eigenvalue weighted by Gasteiger charge is -2.26. The van der Waals surface area contributed by atoms with Crippen LogP contribution in [0, 0.1) is 0 Å². The van der Waals surface area contributed by atoms with Crippen LogP contribution in [0.15, 0.2) is 24.3 Å². The van der Waals surface area contributed by atoms with Crippen LogP contribution in [0.4, 0.5) is 10.5 Å². The third kappa shape index (κ3) is 4.13. The zero-order valence-corrected chi connectivity index (χ0v) is 11.8. The monoisotopic (exact) mass is 278 g/mol. The summed E-state index contributed by atoms with van der Waals surface area (Å²) >= 11 is 0. The standard InChI is InChI=1S/C15H22N2O3/c1-2-20-14-9-4-3-8-13(14)17-15(19)16-11-6-5-7-12(18)10-11/h3-4,8-9,11-12,18H,2,5-7,10H2,1H3,(H2,16,17,19)/t11-,12+/m0/s1. The van der Waals surface area contributed by atoms with Crippen molar-refractivity contribution in [1.29, 1.82) is 0 Å². The number of anilines is 1. The number of hydrogen-bond acceptors (Lipinski definition) is 3. The van der Waals surface area contributed by atoms with Crippen LogP contribution in [-0.4, -0.2) is 29.9 Å². The first-order valence-corrected chi connectivity index (χ1v) is 7.16. The summed E-state index contributed by atoms with van der Waals surface area (Å²) in [6, 6.07) is 7.13. The third-order valence-electron chi connectivity index (χ3n) is 3.42. The van der Waals surface area contributed by atoms with Crippen molar-refractivity contribution in [1.82, 2.24) is 5.32 Å². The Hall–Kier alpha value is -1.75. The number of rotatable bonds is 4. The normalized spacial score (nSPS) is 22.1. The molecule has 1 aromatic rings. The molecule has 0 aromatic heterocycles. The predicted molar refractivity (Wildman–Crippen MR) is 78.0 cm³/mol. The van der Waals surface area contributed by atoms with Gasteiger partial charge in [-0.2, -0.15) is 0 Å². The van der Waals surface area contributed by atoms with Crippen LogP contribution < -0.4 is 15.4 Å². The number of benzene rings is 1. The van der Waals surface area contributed by atoms with Gasteiger partial charge in [-0.1, -0.05) is 12.1 Å². The van der Waals surface area contributed by atoms with Gasteiger partial charge in [-0.3, -0.25) is 0 Å². The maximum atomic E-state index is 12.0. The molecule has 0 bridgehead atoms. The van der Waals surface area contributed by atoms with Gasteiger partial charge in [-0.15, -0.1) is 0 Å². The highest BCUT2D eigenvalue weighted by atomic mass is 16.5. The molecule has 0 radical (unpaired) electrons. The highest BCUT2D eigenvalue weighted by molar-refractivity contribution is 5.91. The lowest BCUT2D eigenvalue weighted by atomic mass is 9.93. The molecule has 5 nitrogen and oxygen atoms in total. The first kappa shape index (κ1) is 14.7. The summed E-state index contributed by atoms with van der Waals surface area (Å²) in [7, 11) is 0. The summed E-state index contributed by atoms with van der Waals surface area (Å²) in [6.45, 7) is 2.45. The van der Waals surface area contributed by atoms with E-state index in [0.29, 0.717) is 24.5 Å². The number of amides is 2. The highest BCUT2D eigenvalue weighted by Gasteiger charge is 2.21.